The molecule has 0 unspecified atom stereocenters. The molecule has 1 saturated carbocycles. The zero-order valence-corrected chi connectivity index (χ0v) is 12.9. The lowest BCUT2D eigenvalue weighted by atomic mass is 10.1. The fraction of sp³-hybridized carbons (Fsp3) is 0.529. The molecule has 0 heterocycles. The number of amides is 1. The van der Waals surface area contributed by atoms with Crippen LogP contribution in [0.1, 0.15) is 37.7 Å². The van der Waals surface area contributed by atoms with Gasteiger partial charge in [0.05, 0.1) is 12.5 Å². The average Bonchev–Trinajstić information content (AvgIpc) is 2.94. The van der Waals surface area contributed by atoms with E-state index in [0.29, 0.717) is 32.3 Å². The predicted octanol–water partition coefficient (Wildman–Crippen LogP) is 2.52. The highest BCUT2D eigenvalue weighted by Gasteiger charge is 2.30. The summed E-state index contributed by atoms with van der Waals surface area (Å²) in [5.74, 6) is -0.245. The fourth-order valence-electron chi connectivity index (χ4n) is 2.77. The van der Waals surface area contributed by atoms with Crippen LogP contribution < -0.4 is 10.1 Å². The van der Waals surface area contributed by atoms with Gasteiger partial charge in [-0.15, -0.1) is 0 Å². The summed E-state index contributed by atoms with van der Waals surface area (Å²) in [5, 5.41) is 11.9. The number of carbonyl (C=O) groups is 2. The molecule has 1 aromatic carbocycles. The van der Waals surface area contributed by atoms with E-state index in [9.17, 15) is 9.59 Å². The smallest absolute Gasteiger partial charge is 0.306 e. The summed E-state index contributed by atoms with van der Waals surface area (Å²) in [5.41, 5.74) is 1.08. The molecule has 2 rings (SSSR count). The van der Waals surface area contributed by atoms with Gasteiger partial charge in [-0.05, 0) is 44.2 Å². The molecule has 1 amide bonds. The molecule has 0 radical (unpaired) electrons. The number of carboxylic acids is 1. The van der Waals surface area contributed by atoms with Crippen LogP contribution in [0.4, 0.5) is 0 Å². The van der Waals surface area contributed by atoms with E-state index >= 15 is 0 Å². The third-order valence-corrected chi connectivity index (χ3v) is 4.05. The third kappa shape index (κ3) is 4.76. The van der Waals surface area contributed by atoms with Gasteiger partial charge < -0.3 is 15.2 Å². The lowest BCUT2D eigenvalue weighted by Crippen LogP contribution is -2.33. The van der Waals surface area contributed by atoms with E-state index < -0.39 is 5.97 Å². The lowest BCUT2D eigenvalue weighted by Gasteiger charge is -2.13. The van der Waals surface area contributed by atoms with Crippen molar-refractivity contribution in [2.75, 3.05) is 6.61 Å². The Balaban J connectivity index is 1.62. The first-order valence-electron chi connectivity index (χ1n) is 7.77. The molecule has 1 fully saturated rings. The van der Waals surface area contributed by atoms with E-state index in [0.717, 1.165) is 17.7 Å². The van der Waals surface area contributed by atoms with Gasteiger partial charge in [-0.1, -0.05) is 18.2 Å². The van der Waals surface area contributed by atoms with Crippen LogP contribution in [0, 0.1) is 12.8 Å². The van der Waals surface area contributed by atoms with Crippen LogP contribution in [0.2, 0.25) is 0 Å². The molecule has 0 aliphatic heterocycles. The molecule has 1 aromatic rings. The van der Waals surface area contributed by atoms with Gasteiger partial charge >= 0.3 is 5.97 Å². The normalized spacial score (nSPS) is 20.6. The van der Waals surface area contributed by atoms with E-state index in [4.69, 9.17) is 9.84 Å². The molecule has 0 bridgehead atoms. The van der Waals surface area contributed by atoms with Gasteiger partial charge in [0.1, 0.15) is 5.75 Å². The minimum atomic E-state index is -0.761. The molecule has 2 atom stereocenters. The number of hydrogen-bond donors (Lipinski definition) is 2. The number of aryl methyl sites for hydroxylation is 1. The van der Waals surface area contributed by atoms with Crippen molar-refractivity contribution in [2.24, 2.45) is 5.92 Å². The number of carbonyl (C=O) groups excluding carboxylic acids is 1. The number of rotatable bonds is 7. The minimum Gasteiger partial charge on any atom is -0.493 e. The Hall–Kier alpha value is -2.04. The van der Waals surface area contributed by atoms with Crippen LogP contribution in [-0.2, 0) is 9.59 Å². The van der Waals surface area contributed by atoms with E-state index in [1.54, 1.807) is 0 Å². The molecule has 120 valence electrons. The number of nitrogens with one attached hydrogen (secondary N) is 1. The number of ether oxygens (including phenoxy) is 1. The van der Waals surface area contributed by atoms with Crippen LogP contribution in [0.15, 0.2) is 24.3 Å². The fourth-order valence-corrected chi connectivity index (χ4v) is 2.77. The zero-order chi connectivity index (χ0) is 15.9. The van der Waals surface area contributed by atoms with E-state index in [2.05, 4.69) is 5.32 Å². The first kappa shape index (κ1) is 16.3. The van der Waals surface area contributed by atoms with Gasteiger partial charge in [-0.2, -0.15) is 0 Å². The highest BCUT2D eigenvalue weighted by Crippen LogP contribution is 2.25. The quantitative estimate of drug-likeness (QED) is 0.759. The summed E-state index contributed by atoms with van der Waals surface area (Å²) in [4.78, 5) is 22.7. The second-order valence-electron chi connectivity index (χ2n) is 5.83. The first-order chi connectivity index (χ1) is 10.6. The van der Waals surface area contributed by atoms with Crippen LogP contribution >= 0.6 is 0 Å². The van der Waals surface area contributed by atoms with E-state index in [1.807, 2.05) is 31.2 Å². The van der Waals surface area contributed by atoms with Crippen molar-refractivity contribution in [3.05, 3.63) is 29.8 Å². The van der Waals surface area contributed by atoms with Gasteiger partial charge in [0.25, 0.3) is 0 Å². The van der Waals surface area contributed by atoms with Crippen molar-refractivity contribution in [1.82, 2.24) is 5.32 Å². The van der Waals surface area contributed by atoms with Crippen molar-refractivity contribution in [2.45, 2.75) is 45.1 Å². The third-order valence-electron chi connectivity index (χ3n) is 4.05. The largest absolute Gasteiger partial charge is 0.493 e. The Morgan fingerprint density at radius 3 is 2.77 bits per heavy atom. The van der Waals surface area contributed by atoms with Gasteiger partial charge in [0, 0.05) is 12.5 Å². The summed E-state index contributed by atoms with van der Waals surface area (Å²) in [6.07, 6.45) is 3.00. The molecule has 22 heavy (non-hydrogen) atoms. The molecule has 0 saturated heterocycles. The number of hydrogen-bond acceptors (Lipinski definition) is 3. The molecule has 5 nitrogen and oxygen atoms in total. The summed E-state index contributed by atoms with van der Waals surface area (Å²) in [7, 11) is 0. The molecular weight excluding hydrogens is 282 g/mol. The molecule has 0 spiro atoms. The van der Waals surface area contributed by atoms with E-state index in [1.165, 1.54) is 0 Å². The molecule has 5 heteroatoms. The Kier molecular flexibility index (Phi) is 5.81. The minimum absolute atomic E-state index is 0.00545. The Morgan fingerprint density at radius 2 is 2.09 bits per heavy atom. The van der Waals surface area contributed by atoms with E-state index in [-0.39, 0.29) is 17.9 Å². The Labute approximate surface area is 130 Å². The summed E-state index contributed by atoms with van der Waals surface area (Å²) >= 11 is 0. The van der Waals surface area contributed by atoms with Crippen LogP contribution in [0.3, 0.4) is 0 Å². The SMILES string of the molecule is Cc1ccccc1OCCCC(=O)N[C@@H]1CC[C@H](C(=O)O)C1. The van der Waals surface area contributed by atoms with Gasteiger partial charge in [0.2, 0.25) is 5.91 Å². The average molecular weight is 305 g/mol. The van der Waals surface area contributed by atoms with Crippen LogP contribution in [-0.4, -0.2) is 29.6 Å². The van der Waals surface area contributed by atoms with Crippen molar-refractivity contribution in [3.8, 4) is 5.75 Å². The molecule has 2 N–H and O–H groups in total. The van der Waals surface area contributed by atoms with Crippen molar-refractivity contribution in [3.63, 3.8) is 0 Å². The molecule has 1 aliphatic carbocycles. The first-order valence-corrected chi connectivity index (χ1v) is 7.77. The van der Waals surface area contributed by atoms with Crippen molar-refractivity contribution in [1.29, 1.82) is 0 Å². The molecule has 0 aromatic heterocycles. The standard InChI is InChI=1S/C17H23NO4/c1-12-5-2-3-6-15(12)22-10-4-7-16(19)18-14-9-8-13(11-14)17(20)21/h2-3,5-6,13-14H,4,7-11H2,1H3,(H,18,19)(H,20,21)/t13-,14+/m0/s1. The summed E-state index contributed by atoms with van der Waals surface area (Å²) in [6.45, 7) is 2.49. The highest BCUT2D eigenvalue weighted by molar-refractivity contribution is 5.76. The second-order valence-corrected chi connectivity index (χ2v) is 5.83. The number of para-hydroxylation sites is 1. The van der Waals surface area contributed by atoms with Crippen LogP contribution in [0.25, 0.3) is 0 Å². The summed E-state index contributed by atoms with van der Waals surface area (Å²) in [6, 6.07) is 7.79. The van der Waals surface area contributed by atoms with Gasteiger partial charge in [-0.3, -0.25) is 9.59 Å². The maximum absolute atomic E-state index is 11.8. The highest BCUT2D eigenvalue weighted by atomic mass is 16.5. The lowest BCUT2D eigenvalue weighted by molar-refractivity contribution is -0.141. The van der Waals surface area contributed by atoms with Gasteiger partial charge in [0.15, 0.2) is 0 Å². The second kappa shape index (κ2) is 7.82. The molecule has 1 aliphatic rings. The van der Waals surface area contributed by atoms with Crippen molar-refractivity contribution >= 4 is 11.9 Å². The monoisotopic (exact) mass is 305 g/mol. The van der Waals surface area contributed by atoms with Gasteiger partial charge in [-0.25, -0.2) is 0 Å². The Bertz CT molecular complexity index is 529. The topological polar surface area (TPSA) is 75.6 Å². The number of aliphatic carboxylic acids is 1. The maximum atomic E-state index is 11.8. The maximum Gasteiger partial charge on any atom is 0.306 e. The zero-order valence-electron chi connectivity index (χ0n) is 12.9. The Morgan fingerprint density at radius 1 is 1.32 bits per heavy atom. The van der Waals surface area contributed by atoms with Crippen molar-refractivity contribution < 1.29 is 19.4 Å². The van der Waals surface area contributed by atoms with Crippen LogP contribution in [0.5, 0.6) is 5.75 Å². The number of carboxylic acid groups (broad SMARTS) is 1. The summed E-state index contributed by atoms with van der Waals surface area (Å²) < 4.78 is 5.65. The predicted molar refractivity (Wildman–Crippen MR) is 82.8 cm³/mol. The number of benzene rings is 1. The molecular formula is C17H23NO4.